The molecular formula is C19H17N3O3. The van der Waals surface area contributed by atoms with Gasteiger partial charge in [-0.3, -0.25) is 4.79 Å². The number of fused-ring (bicyclic) bond motifs is 1. The smallest absolute Gasteiger partial charge is 0.258 e. The van der Waals surface area contributed by atoms with Crippen molar-refractivity contribution in [3.63, 3.8) is 0 Å². The molecule has 1 amide bonds. The topological polar surface area (TPSA) is 65.4 Å². The summed E-state index contributed by atoms with van der Waals surface area (Å²) in [5, 5.41) is 7.11. The van der Waals surface area contributed by atoms with Crippen molar-refractivity contribution < 1.29 is 14.3 Å². The largest absolute Gasteiger partial charge is 0.490 e. The lowest BCUT2D eigenvalue weighted by atomic mass is 10.2. The molecule has 126 valence electrons. The van der Waals surface area contributed by atoms with E-state index in [0.29, 0.717) is 36.0 Å². The Morgan fingerprint density at radius 1 is 1.04 bits per heavy atom. The molecule has 0 radical (unpaired) electrons. The summed E-state index contributed by atoms with van der Waals surface area (Å²) in [4.78, 5) is 12.5. The Bertz CT molecular complexity index is 890. The molecule has 1 N–H and O–H groups in total. The van der Waals surface area contributed by atoms with E-state index in [4.69, 9.17) is 9.47 Å². The van der Waals surface area contributed by atoms with E-state index in [1.54, 1.807) is 29.2 Å². The number of amides is 1. The highest BCUT2D eigenvalue weighted by Gasteiger charge is 2.14. The van der Waals surface area contributed by atoms with Gasteiger partial charge in [-0.2, -0.15) is 5.10 Å². The molecule has 2 heterocycles. The molecule has 0 saturated heterocycles. The van der Waals surface area contributed by atoms with Gasteiger partial charge in [0.1, 0.15) is 0 Å². The fourth-order valence-corrected chi connectivity index (χ4v) is 2.61. The van der Waals surface area contributed by atoms with Crippen molar-refractivity contribution in [3.05, 3.63) is 66.5 Å². The number of para-hydroxylation sites is 1. The van der Waals surface area contributed by atoms with E-state index in [2.05, 4.69) is 10.4 Å². The minimum absolute atomic E-state index is 0.225. The molecule has 0 fully saturated rings. The minimum Gasteiger partial charge on any atom is -0.490 e. The maximum atomic E-state index is 12.5. The van der Waals surface area contributed by atoms with Crippen molar-refractivity contribution in [2.45, 2.75) is 6.42 Å². The number of hydrogen-bond acceptors (Lipinski definition) is 4. The second kappa shape index (κ2) is 6.68. The van der Waals surface area contributed by atoms with Crippen molar-refractivity contribution in [3.8, 4) is 17.2 Å². The number of hydrogen-bond donors (Lipinski definition) is 1. The number of rotatable bonds is 3. The molecule has 4 rings (SSSR count). The van der Waals surface area contributed by atoms with Crippen molar-refractivity contribution in [2.75, 3.05) is 18.5 Å². The fraction of sp³-hybridized carbons (Fsp3) is 0.158. The van der Waals surface area contributed by atoms with Gasteiger partial charge in [-0.15, -0.1) is 0 Å². The first-order chi connectivity index (χ1) is 12.3. The third kappa shape index (κ3) is 3.33. The lowest BCUT2D eigenvalue weighted by Gasteiger charge is -2.10. The lowest BCUT2D eigenvalue weighted by Crippen LogP contribution is -2.11. The van der Waals surface area contributed by atoms with Crippen LogP contribution in [0.15, 0.2) is 60.9 Å². The van der Waals surface area contributed by atoms with E-state index in [0.717, 1.165) is 12.1 Å². The molecule has 0 atom stereocenters. The van der Waals surface area contributed by atoms with Gasteiger partial charge in [0.05, 0.1) is 30.7 Å². The van der Waals surface area contributed by atoms with Crippen molar-refractivity contribution in [2.24, 2.45) is 0 Å². The van der Waals surface area contributed by atoms with Crippen LogP contribution in [0.5, 0.6) is 11.5 Å². The third-order valence-corrected chi connectivity index (χ3v) is 3.87. The number of aromatic nitrogens is 2. The Kier molecular flexibility index (Phi) is 4.08. The second-order valence-electron chi connectivity index (χ2n) is 5.68. The Morgan fingerprint density at radius 3 is 2.68 bits per heavy atom. The van der Waals surface area contributed by atoms with Crippen LogP contribution in [-0.2, 0) is 0 Å². The molecule has 1 aromatic heterocycles. The number of ether oxygens (including phenoxy) is 2. The molecule has 0 saturated carbocycles. The van der Waals surface area contributed by atoms with Crippen LogP contribution in [0.1, 0.15) is 16.8 Å². The summed E-state index contributed by atoms with van der Waals surface area (Å²) in [6.45, 7) is 1.24. The molecule has 0 unspecified atom stereocenters. The number of nitrogens with one attached hydrogen (secondary N) is 1. The van der Waals surface area contributed by atoms with Crippen molar-refractivity contribution >= 4 is 11.6 Å². The molecular weight excluding hydrogens is 318 g/mol. The summed E-state index contributed by atoms with van der Waals surface area (Å²) >= 11 is 0. The van der Waals surface area contributed by atoms with Gasteiger partial charge in [-0.1, -0.05) is 18.2 Å². The summed E-state index contributed by atoms with van der Waals surface area (Å²) in [5.74, 6) is 1.12. The van der Waals surface area contributed by atoms with Gasteiger partial charge in [-0.25, -0.2) is 4.68 Å². The Hall–Kier alpha value is -3.28. The van der Waals surface area contributed by atoms with Crippen molar-refractivity contribution in [1.82, 2.24) is 9.78 Å². The molecule has 6 nitrogen and oxygen atoms in total. The highest BCUT2D eigenvalue weighted by atomic mass is 16.5. The van der Waals surface area contributed by atoms with Crippen molar-refractivity contribution in [1.29, 1.82) is 0 Å². The lowest BCUT2D eigenvalue weighted by molar-refractivity contribution is 0.102. The molecule has 2 aromatic carbocycles. The summed E-state index contributed by atoms with van der Waals surface area (Å²) in [6.07, 6.45) is 4.09. The van der Waals surface area contributed by atoms with Gasteiger partial charge in [0.15, 0.2) is 11.5 Å². The van der Waals surface area contributed by atoms with E-state index in [-0.39, 0.29) is 5.91 Å². The van der Waals surface area contributed by atoms with E-state index in [1.165, 1.54) is 0 Å². The van der Waals surface area contributed by atoms with Gasteiger partial charge in [0, 0.05) is 24.4 Å². The first-order valence-electron chi connectivity index (χ1n) is 8.11. The van der Waals surface area contributed by atoms with Crippen LogP contribution in [0, 0.1) is 0 Å². The average molecular weight is 335 g/mol. The zero-order valence-electron chi connectivity index (χ0n) is 13.5. The quantitative estimate of drug-likeness (QED) is 0.798. The van der Waals surface area contributed by atoms with E-state index < -0.39 is 0 Å². The van der Waals surface area contributed by atoms with Crippen LogP contribution in [-0.4, -0.2) is 28.9 Å². The first-order valence-corrected chi connectivity index (χ1v) is 8.11. The number of carbonyl (C=O) groups excluding carboxylic acids is 1. The van der Waals surface area contributed by atoms with Gasteiger partial charge in [0.25, 0.3) is 5.91 Å². The normalized spacial score (nSPS) is 13.1. The first kappa shape index (κ1) is 15.3. The van der Waals surface area contributed by atoms with Crippen LogP contribution < -0.4 is 14.8 Å². The Labute approximate surface area is 145 Å². The van der Waals surface area contributed by atoms with Gasteiger partial charge >= 0.3 is 0 Å². The number of nitrogens with zero attached hydrogens (tertiary/aromatic N) is 2. The number of carbonyl (C=O) groups is 1. The molecule has 0 bridgehead atoms. The Morgan fingerprint density at radius 2 is 1.84 bits per heavy atom. The molecule has 25 heavy (non-hydrogen) atoms. The van der Waals surface area contributed by atoms with Gasteiger partial charge in [0.2, 0.25) is 0 Å². The summed E-state index contributed by atoms with van der Waals surface area (Å²) in [5.41, 5.74) is 2.04. The minimum atomic E-state index is -0.225. The van der Waals surface area contributed by atoms with Crippen LogP contribution in [0.25, 0.3) is 5.69 Å². The number of benzene rings is 2. The average Bonchev–Trinajstić information content (AvgIpc) is 3.03. The molecule has 1 aliphatic heterocycles. The molecule has 3 aromatic rings. The monoisotopic (exact) mass is 335 g/mol. The Balaban J connectivity index is 1.51. The zero-order chi connectivity index (χ0) is 17.1. The summed E-state index contributed by atoms with van der Waals surface area (Å²) in [6, 6.07) is 15.0. The molecule has 6 heteroatoms. The molecule has 1 aliphatic rings. The number of anilines is 1. The van der Waals surface area contributed by atoms with Gasteiger partial charge in [-0.05, 0) is 24.3 Å². The highest BCUT2D eigenvalue weighted by molar-refractivity contribution is 6.04. The van der Waals surface area contributed by atoms with Crippen LogP contribution >= 0.6 is 0 Å². The predicted molar refractivity (Wildman–Crippen MR) is 93.6 cm³/mol. The predicted octanol–water partition coefficient (Wildman–Crippen LogP) is 3.29. The second-order valence-corrected chi connectivity index (χ2v) is 5.68. The maximum Gasteiger partial charge on any atom is 0.258 e. The van der Waals surface area contributed by atoms with Crippen LogP contribution in [0.3, 0.4) is 0 Å². The third-order valence-electron chi connectivity index (χ3n) is 3.87. The standard InChI is InChI=1S/C19H17N3O3/c23-19(14-12-20-22(13-14)16-5-2-1-3-6-16)21-15-7-8-17-18(11-15)25-10-4-9-24-17/h1-3,5-8,11-13H,4,9-10H2,(H,21,23). The zero-order valence-corrected chi connectivity index (χ0v) is 13.5. The fourth-order valence-electron chi connectivity index (χ4n) is 2.61. The molecule has 0 spiro atoms. The summed E-state index contributed by atoms with van der Waals surface area (Å²) < 4.78 is 12.9. The van der Waals surface area contributed by atoms with E-state index >= 15 is 0 Å². The van der Waals surface area contributed by atoms with Crippen LogP contribution in [0.4, 0.5) is 5.69 Å². The summed E-state index contributed by atoms with van der Waals surface area (Å²) in [7, 11) is 0. The van der Waals surface area contributed by atoms with Crippen LogP contribution in [0.2, 0.25) is 0 Å². The SMILES string of the molecule is O=C(Nc1ccc2c(c1)OCCCO2)c1cnn(-c2ccccc2)c1. The highest BCUT2D eigenvalue weighted by Crippen LogP contribution is 2.32. The van der Waals surface area contributed by atoms with E-state index in [1.807, 2.05) is 36.4 Å². The molecule has 0 aliphatic carbocycles. The maximum absolute atomic E-state index is 12.5. The van der Waals surface area contributed by atoms with E-state index in [9.17, 15) is 4.79 Å². The van der Waals surface area contributed by atoms with Gasteiger partial charge < -0.3 is 14.8 Å².